The predicted octanol–water partition coefficient (Wildman–Crippen LogP) is 0.807. The highest BCUT2D eigenvalue weighted by Gasteiger charge is 2.15. The summed E-state index contributed by atoms with van der Waals surface area (Å²) in [7, 11) is 1.57. The van der Waals surface area contributed by atoms with Crippen molar-refractivity contribution in [2.45, 2.75) is 32.9 Å². The lowest BCUT2D eigenvalue weighted by Gasteiger charge is -2.15. The molecular formula is C14H23N3O3. The number of nitrogens with two attached hydrogens (primary N) is 1. The van der Waals surface area contributed by atoms with Gasteiger partial charge in [-0.05, 0) is 18.4 Å². The number of hydrogen-bond acceptors (Lipinski definition) is 4. The molecule has 0 saturated heterocycles. The molecule has 0 radical (unpaired) electrons. The molecule has 6 heteroatoms. The van der Waals surface area contributed by atoms with Crippen LogP contribution in [0.3, 0.4) is 0 Å². The number of rotatable bonds is 7. The third-order valence-corrected chi connectivity index (χ3v) is 2.85. The van der Waals surface area contributed by atoms with Gasteiger partial charge in [0, 0.05) is 25.9 Å². The molecule has 0 aromatic carbocycles. The normalized spacial score (nSPS) is 12.4. The topological polar surface area (TPSA) is 86.3 Å². The molecule has 20 heavy (non-hydrogen) atoms. The summed E-state index contributed by atoms with van der Waals surface area (Å²) in [6.45, 7) is 4.90. The van der Waals surface area contributed by atoms with Gasteiger partial charge in [-0.2, -0.15) is 0 Å². The summed E-state index contributed by atoms with van der Waals surface area (Å²) in [6, 6.07) is 2.44. The lowest BCUT2D eigenvalue weighted by atomic mass is 10.0. The van der Waals surface area contributed by atoms with Crippen LogP contribution in [0.4, 0.5) is 5.69 Å². The Labute approximate surface area is 118 Å². The van der Waals surface area contributed by atoms with Gasteiger partial charge in [-0.3, -0.25) is 9.59 Å². The van der Waals surface area contributed by atoms with Crippen LogP contribution in [-0.4, -0.2) is 30.2 Å². The summed E-state index contributed by atoms with van der Waals surface area (Å²) in [6.07, 6.45) is 2.22. The number of nitrogens with one attached hydrogen (secondary N) is 1. The number of amides is 1. The summed E-state index contributed by atoms with van der Waals surface area (Å²) < 4.78 is 6.43. The second-order valence-corrected chi connectivity index (χ2v) is 5.17. The number of nitrogens with zero attached hydrogens (tertiary/aromatic N) is 1. The first kappa shape index (κ1) is 16.4. The quantitative estimate of drug-likeness (QED) is 0.774. The average Bonchev–Trinajstić information content (AvgIpc) is 2.38. The molecule has 1 aromatic heterocycles. The number of carbonyl (C=O) groups is 1. The van der Waals surface area contributed by atoms with Crippen LogP contribution in [0.2, 0.25) is 0 Å². The van der Waals surface area contributed by atoms with Gasteiger partial charge in [0.2, 0.25) is 5.91 Å². The van der Waals surface area contributed by atoms with Crippen molar-refractivity contribution < 1.29 is 9.53 Å². The van der Waals surface area contributed by atoms with Crippen LogP contribution in [0.15, 0.2) is 23.1 Å². The standard InChI is InChI=1S/C14H23N3O3/c1-10(2)8-12(15)14(19)16-11-4-5-13(18)17(9-11)6-7-20-3/h4-5,9-10,12H,6-8,15H2,1-3H3,(H,16,19)/t12-/m0/s1. The van der Waals surface area contributed by atoms with E-state index in [1.165, 1.54) is 10.6 Å². The third kappa shape index (κ3) is 5.14. The third-order valence-electron chi connectivity index (χ3n) is 2.85. The van der Waals surface area contributed by atoms with Crippen molar-refractivity contribution >= 4 is 11.6 Å². The zero-order chi connectivity index (χ0) is 15.1. The fourth-order valence-corrected chi connectivity index (χ4v) is 1.82. The van der Waals surface area contributed by atoms with Crippen LogP contribution in [0.25, 0.3) is 0 Å². The van der Waals surface area contributed by atoms with E-state index >= 15 is 0 Å². The molecule has 0 fully saturated rings. The van der Waals surface area contributed by atoms with Crippen LogP contribution < -0.4 is 16.6 Å². The van der Waals surface area contributed by atoms with Crippen LogP contribution in [-0.2, 0) is 16.1 Å². The van der Waals surface area contributed by atoms with E-state index in [-0.39, 0.29) is 11.5 Å². The molecule has 0 saturated carbocycles. The molecule has 1 rings (SSSR count). The van der Waals surface area contributed by atoms with Gasteiger partial charge in [0.25, 0.3) is 5.56 Å². The van der Waals surface area contributed by atoms with Gasteiger partial charge in [0.15, 0.2) is 0 Å². The average molecular weight is 281 g/mol. The number of pyridine rings is 1. The highest BCUT2D eigenvalue weighted by Crippen LogP contribution is 2.07. The Bertz CT molecular complexity index is 497. The second-order valence-electron chi connectivity index (χ2n) is 5.17. The fraction of sp³-hybridized carbons (Fsp3) is 0.571. The van der Waals surface area contributed by atoms with Gasteiger partial charge in [-0.25, -0.2) is 0 Å². The zero-order valence-corrected chi connectivity index (χ0v) is 12.3. The van der Waals surface area contributed by atoms with Crippen molar-refractivity contribution in [1.82, 2.24) is 4.57 Å². The maximum absolute atomic E-state index is 11.9. The Morgan fingerprint density at radius 3 is 2.75 bits per heavy atom. The molecule has 0 bridgehead atoms. The van der Waals surface area contributed by atoms with Crippen LogP contribution in [0.1, 0.15) is 20.3 Å². The Balaban J connectivity index is 2.72. The maximum Gasteiger partial charge on any atom is 0.250 e. The number of anilines is 1. The van der Waals surface area contributed by atoms with Crippen LogP contribution in [0.5, 0.6) is 0 Å². The number of ether oxygens (including phenoxy) is 1. The maximum atomic E-state index is 11.9. The highest BCUT2D eigenvalue weighted by atomic mass is 16.5. The van der Waals surface area contributed by atoms with Crippen LogP contribution >= 0.6 is 0 Å². The van der Waals surface area contributed by atoms with E-state index in [1.807, 2.05) is 13.8 Å². The Hall–Kier alpha value is -1.66. The molecule has 1 amide bonds. The molecule has 0 aliphatic carbocycles. The predicted molar refractivity (Wildman–Crippen MR) is 78.6 cm³/mol. The Morgan fingerprint density at radius 1 is 1.45 bits per heavy atom. The van der Waals surface area contributed by atoms with E-state index in [0.29, 0.717) is 31.2 Å². The summed E-state index contributed by atoms with van der Waals surface area (Å²) in [5.74, 6) is 0.113. The first-order valence-corrected chi connectivity index (χ1v) is 6.70. The fourth-order valence-electron chi connectivity index (χ4n) is 1.82. The lowest BCUT2D eigenvalue weighted by molar-refractivity contribution is -0.117. The first-order valence-electron chi connectivity index (χ1n) is 6.70. The van der Waals surface area contributed by atoms with Gasteiger partial charge < -0.3 is 20.4 Å². The van der Waals surface area contributed by atoms with E-state index in [2.05, 4.69) is 5.32 Å². The van der Waals surface area contributed by atoms with Crippen molar-refractivity contribution in [2.75, 3.05) is 19.0 Å². The molecular weight excluding hydrogens is 258 g/mol. The molecule has 6 nitrogen and oxygen atoms in total. The Kier molecular flexibility index (Phi) is 6.41. The smallest absolute Gasteiger partial charge is 0.250 e. The minimum absolute atomic E-state index is 0.133. The van der Waals surface area contributed by atoms with Gasteiger partial charge in [0.05, 0.1) is 18.3 Å². The Morgan fingerprint density at radius 2 is 2.15 bits per heavy atom. The summed E-state index contributed by atoms with van der Waals surface area (Å²) >= 11 is 0. The summed E-state index contributed by atoms with van der Waals surface area (Å²) in [5.41, 5.74) is 6.24. The number of hydrogen-bond donors (Lipinski definition) is 2. The minimum atomic E-state index is -0.547. The van der Waals surface area contributed by atoms with Gasteiger partial charge in [-0.15, -0.1) is 0 Å². The van der Waals surface area contributed by atoms with Gasteiger partial charge in [-0.1, -0.05) is 13.8 Å². The zero-order valence-electron chi connectivity index (χ0n) is 12.3. The SMILES string of the molecule is COCCn1cc(NC(=O)[C@@H](N)CC(C)C)ccc1=O. The molecule has 1 heterocycles. The van der Waals surface area contributed by atoms with E-state index in [1.54, 1.807) is 19.4 Å². The summed E-state index contributed by atoms with van der Waals surface area (Å²) in [5, 5.41) is 2.73. The van der Waals surface area contributed by atoms with E-state index in [4.69, 9.17) is 10.5 Å². The number of methoxy groups -OCH3 is 1. The second kappa shape index (κ2) is 7.81. The first-order chi connectivity index (χ1) is 9.43. The molecule has 1 aromatic rings. The molecule has 0 spiro atoms. The van der Waals surface area contributed by atoms with Crippen LogP contribution in [0, 0.1) is 5.92 Å². The van der Waals surface area contributed by atoms with Crippen molar-refractivity contribution in [3.63, 3.8) is 0 Å². The van der Waals surface area contributed by atoms with E-state index in [0.717, 1.165) is 0 Å². The van der Waals surface area contributed by atoms with E-state index < -0.39 is 6.04 Å². The monoisotopic (exact) mass is 281 g/mol. The van der Waals surface area contributed by atoms with Crippen molar-refractivity contribution in [3.8, 4) is 0 Å². The molecule has 0 aliphatic rings. The largest absolute Gasteiger partial charge is 0.383 e. The van der Waals surface area contributed by atoms with Crippen molar-refractivity contribution in [1.29, 1.82) is 0 Å². The lowest BCUT2D eigenvalue weighted by Crippen LogP contribution is -2.37. The summed E-state index contributed by atoms with van der Waals surface area (Å²) in [4.78, 5) is 23.5. The van der Waals surface area contributed by atoms with Gasteiger partial charge >= 0.3 is 0 Å². The number of aromatic nitrogens is 1. The molecule has 0 aliphatic heterocycles. The van der Waals surface area contributed by atoms with E-state index in [9.17, 15) is 9.59 Å². The highest BCUT2D eigenvalue weighted by molar-refractivity contribution is 5.94. The number of carbonyl (C=O) groups excluding carboxylic acids is 1. The molecule has 0 unspecified atom stereocenters. The molecule has 112 valence electrons. The van der Waals surface area contributed by atoms with Gasteiger partial charge in [0.1, 0.15) is 0 Å². The molecule has 1 atom stereocenters. The molecule has 3 N–H and O–H groups in total. The minimum Gasteiger partial charge on any atom is -0.383 e. The van der Waals surface area contributed by atoms with Crippen molar-refractivity contribution in [2.24, 2.45) is 11.7 Å². The van der Waals surface area contributed by atoms with Crippen molar-refractivity contribution in [3.05, 3.63) is 28.7 Å².